The smallest absolute Gasteiger partial charge is 0.126 e. The summed E-state index contributed by atoms with van der Waals surface area (Å²) < 4.78 is 27.4. The van der Waals surface area contributed by atoms with Gasteiger partial charge in [0.25, 0.3) is 0 Å². The molecule has 0 atom stereocenters. The predicted molar refractivity (Wildman–Crippen MR) is 96.6 cm³/mol. The van der Waals surface area contributed by atoms with E-state index in [1.54, 1.807) is 6.92 Å². The van der Waals surface area contributed by atoms with E-state index in [2.05, 4.69) is 29.0 Å². The van der Waals surface area contributed by atoms with Crippen LogP contribution in [0.15, 0.2) is 42.5 Å². The van der Waals surface area contributed by atoms with Crippen molar-refractivity contribution in [2.45, 2.75) is 20.8 Å². The van der Waals surface area contributed by atoms with Crippen LogP contribution in [0.3, 0.4) is 0 Å². The molecule has 1 heterocycles. The Balaban J connectivity index is 2.15. The molecule has 0 radical (unpaired) electrons. The van der Waals surface area contributed by atoms with E-state index in [1.165, 1.54) is 17.7 Å². The number of fused-ring (bicyclic) bond motifs is 3. The molecule has 1 aromatic heterocycles. The first-order valence-corrected chi connectivity index (χ1v) is 8.07. The maximum atomic E-state index is 13.7. The van der Waals surface area contributed by atoms with Gasteiger partial charge in [-0.1, -0.05) is 23.8 Å². The van der Waals surface area contributed by atoms with Crippen LogP contribution in [0.25, 0.3) is 32.9 Å². The molecule has 0 fully saturated rings. The summed E-state index contributed by atoms with van der Waals surface area (Å²) in [4.78, 5) is 9.09. The highest BCUT2D eigenvalue weighted by Gasteiger charge is 2.14. The van der Waals surface area contributed by atoms with Gasteiger partial charge in [0.15, 0.2) is 0 Å². The van der Waals surface area contributed by atoms with Crippen molar-refractivity contribution in [3.8, 4) is 11.3 Å². The summed E-state index contributed by atoms with van der Waals surface area (Å²) in [6, 6.07) is 11.6. The third-order valence-electron chi connectivity index (χ3n) is 4.37. The van der Waals surface area contributed by atoms with Crippen LogP contribution >= 0.6 is 0 Å². The highest BCUT2D eigenvalue weighted by atomic mass is 19.1. The number of aromatic nitrogens is 2. The zero-order chi connectivity index (χ0) is 17.7. The fourth-order valence-corrected chi connectivity index (χ4v) is 3.47. The molecule has 0 saturated heterocycles. The Labute approximate surface area is 144 Å². The van der Waals surface area contributed by atoms with Crippen LogP contribution in [-0.2, 0) is 0 Å². The van der Waals surface area contributed by atoms with Crippen molar-refractivity contribution in [1.82, 2.24) is 9.97 Å². The number of halogens is 2. The molecule has 0 saturated carbocycles. The van der Waals surface area contributed by atoms with Crippen molar-refractivity contribution in [3.63, 3.8) is 0 Å². The Morgan fingerprint density at radius 2 is 1.52 bits per heavy atom. The zero-order valence-corrected chi connectivity index (χ0v) is 14.2. The third kappa shape index (κ3) is 2.64. The van der Waals surface area contributed by atoms with Gasteiger partial charge in [-0.15, -0.1) is 0 Å². The molecule has 0 aliphatic rings. The Morgan fingerprint density at radius 1 is 0.800 bits per heavy atom. The van der Waals surface area contributed by atoms with E-state index in [1.807, 2.05) is 19.1 Å². The Bertz CT molecular complexity index is 1130. The van der Waals surface area contributed by atoms with Crippen LogP contribution in [0.2, 0.25) is 0 Å². The monoisotopic (exact) mass is 334 g/mol. The van der Waals surface area contributed by atoms with Gasteiger partial charge < -0.3 is 0 Å². The summed E-state index contributed by atoms with van der Waals surface area (Å²) >= 11 is 0. The molecular weight excluding hydrogens is 318 g/mol. The molecule has 0 unspecified atom stereocenters. The molecule has 124 valence electrons. The standard InChI is InChI=1S/C21H16F2N2/c1-11-6-12(2)19-14(7-11)4-5-18-20(24-13(3)25-21(18)19)15-8-16(22)10-17(23)9-15/h4-10H,1-3H3. The van der Waals surface area contributed by atoms with Crippen molar-refractivity contribution in [3.05, 3.63) is 71.1 Å². The molecule has 0 aliphatic heterocycles. The second-order valence-corrected chi connectivity index (χ2v) is 6.42. The lowest BCUT2D eigenvalue weighted by Crippen LogP contribution is -1.97. The number of hydrogen-bond donors (Lipinski definition) is 0. The summed E-state index contributed by atoms with van der Waals surface area (Å²) in [5, 5.41) is 2.93. The van der Waals surface area contributed by atoms with E-state index in [-0.39, 0.29) is 0 Å². The van der Waals surface area contributed by atoms with E-state index in [0.29, 0.717) is 17.1 Å². The normalized spacial score (nSPS) is 11.4. The molecule has 4 aromatic rings. The Morgan fingerprint density at radius 3 is 2.24 bits per heavy atom. The topological polar surface area (TPSA) is 25.8 Å². The third-order valence-corrected chi connectivity index (χ3v) is 4.37. The van der Waals surface area contributed by atoms with Crippen molar-refractivity contribution >= 4 is 21.7 Å². The minimum absolute atomic E-state index is 0.414. The molecule has 0 aliphatic carbocycles. The number of hydrogen-bond acceptors (Lipinski definition) is 2. The second kappa shape index (κ2) is 5.59. The van der Waals surface area contributed by atoms with Crippen molar-refractivity contribution in [2.24, 2.45) is 0 Å². The number of rotatable bonds is 1. The summed E-state index contributed by atoms with van der Waals surface area (Å²) in [5.74, 6) is -0.668. The van der Waals surface area contributed by atoms with Crippen LogP contribution in [0.5, 0.6) is 0 Å². The number of aryl methyl sites for hydroxylation is 3. The molecule has 4 rings (SSSR count). The summed E-state index contributed by atoms with van der Waals surface area (Å²) in [6.45, 7) is 5.90. The van der Waals surface area contributed by atoms with Gasteiger partial charge >= 0.3 is 0 Å². The van der Waals surface area contributed by atoms with Crippen LogP contribution in [0.1, 0.15) is 17.0 Å². The highest BCUT2D eigenvalue weighted by molar-refractivity contribution is 6.10. The molecule has 4 heteroatoms. The fraction of sp³-hybridized carbons (Fsp3) is 0.143. The molecule has 0 N–H and O–H groups in total. The van der Waals surface area contributed by atoms with Gasteiger partial charge in [0.2, 0.25) is 0 Å². The van der Waals surface area contributed by atoms with Crippen molar-refractivity contribution in [2.75, 3.05) is 0 Å². The Hall–Kier alpha value is -2.88. The lowest BCUT2D eigenvalue weighted by atomic mass is 9.97. The van der Waals surface area contributed by atoms with Gasteiger partial charge in [0.05, 0.1) is 11.2 Å². The largest absolute Gasteiger partial charge is 0.233 e. The van der Waals surface area contributed by atoms with E-state index in [9.17, 15) is 8.78 Å². The first kappa shape index (κ1) is 15.6. The Kier molecular flexibility index (Phi) is 3.49. The molecule has 2 nitrogen and oxygen atoms in total. The van der Waals surface area contributed by atoms with Crippen LogP contribution in [-0.4, -0.2) is 9.97 Å². The van der Waals surface area contributed by atoms with E-state index >= 15 is 0 Å². The van der Waals surface area contributed by atoms with Crippen molar-refractivity contribution < 1.29 is 8.78 Å². The van der Waals surface area contributed by atoms with Gasteiger partial charge in [0.1, 0.15) is 17.5 Å². The maximum absolute atomic E-state index is 13.7. The molecular formula is C21H16F2N2. The lowest BCUT2D eigenvalue weighted by molar-refractivity contribution is 0.584. The first-order valence-electron chi connectivity index (χ1n) is 8.07. The fourth-order valence-electron chi connectivity index (χ4n) is 3.47. The average Bonchev–Trinajstić information content (AvgIpc) is 2.52. The second-order valence-electron chi connectivity index (χ2n) is 6.42. The van der Waals surface area contributed by atoms with E-state index in [4.69, 9.17) is 0 Å². The molecule has 0 bridgehead atoms. The van der Waals surface area contributed by atoms with Gasteiger partial charge in [-0.3, -0.25) is 0 Å². The summed E-state index contributed by atoms with van der Waals surface area (Å²) in [6.07, 6.45) is 0. The van der Waals surface area contributed by atoms with Gasteiger partial charge in [0, 0.05) is 22.4 Å². The van der Waals surface area contributed by atoms with Gasteiger partial charge in [-0.2, -0.15) is 0 Å². The van der Waals surface area contributed by atoms with Crippen LogP contribution < -0.4 is 0 Å². The lowest BCUT2D eigenvalue weighted by Gasteiger charge is -2.12. The summed E-state index contributed by atoms with van der Waals surface area (Å²) in [5.41, 5.74) is 4.07. The van der Waals surface area contributed by atoms with E-state index < -0.39 is 11.6 Å². The quantitative estimate of drug-likeness (QED) is 0.420. The SMILES string of the molecule is Cc1cc(C)c2c(ccc3c(-c4cc(F)cc(F)c4)nc(C)nc32)c1. The van der Waals surface area contributed by atoms with E-state index in [0.717, 1.165) is 33.3 Å². The number of nitrogens with zero attached hydrogens (tertiary/aromatic N) is 2. The minimum Gasteiger partial charge on any atom is -0.233 e. The van der Waals surface area contributed by atoms with Crippen LogP contribution in [0, 0.1) is 32.4 Å². The molecule has 3 aromatic carbocycles. The summed E-state index contributed by atoms with van der Waals surface area (Å²) in [7, 11) is 0. The minimum atomic E-state index is -0.619. The average molecular weight is 334 g/mol. The number of benzene rings is 3. The zero-order valence-electron chi connectivity index (χ0n) is 14.2. The predicted octanol–water partition coefficient (Wildman–Crippen LogP) is 5.65. The van der Waals surface area contributed by atoms with Gasteiger partial charge in [-0.05, 0) is 49.9 Å². The first-order chi connectivity index (χ1) is 11.9. The van der Waals surface area contributed by atoms with Crippen molar-refractivity contribution in [1.29, 1.82) is 0 Å². The molecule has 25 heavy (non-hydrogen) atoms. The van der Waals surface area contributed by atoms with Crippen LogP contribution in [0.4, 0.5) is 8.78 Å². The molecule has 0 spiro atoms. The molecule has 0 amide bonds. The highest BCUT2D eigenvalue weighted by Crippen LogP contribution is 2.33. The van der Waals surface area contributed by atoms with Gasteiger partial charge in [-0.25, -0.2) is 18.7 Å². The maximum Gasteiger partial charge on any atom is 0.126 e.